The molecule has 0 aliphatic heterocycles. The number of hydrogen-bond acceptors (Lipinski definition) is 2. The molecule has 15 heavy (non-hydrogen) atoms. The van der Waals surface area contributed by atoms with Crippen LogP contribution in [0.2, 0.25) is 0 Å². The summed E-state index contributed by atoms with van der Waals surface area (Å²) in [5.74, 6) is 2.06. The first-order valence-electron chi connectivity index (χ1n) is 5.78. The lowest BCUT2D eigenvalue weighted by Gasteiger charge is -2.34. The molecular formula is C13H20O2. The Kier molecular flexibility index (Phi) is 2.61. The predicted molar refractivity (Wildman–Crippen MR) is 59.3 cm³/mol. The van der Waals surface area contributed by atoms with Crippen LogP contribution >= 0.6 is 0 Å². The molecule has 3 atom stereocenters. The van der Waals surface area contributed by atoms with Gasteiger partial charge in [0.25, 0.3) is 0 Å². The molecule has 0 amide bonds. The fourth-order valence-corrected chi connectivity index (χ4v) is 3.25. The standard InChI is InChI=1S/C13H20O2/c1-13(2,8-12(14)15-3)11-7-9-4-5-10(11)6-9/h4-5,9-11H,6-8H2,1-3H3. The third-order valence-corrected chi connectivity index (χ3v) is 4.11. The number of methoxy groups -OCH3 is 1. The maximum Gasteiger partial charge on any atom is 0.306 e. The van der Waals surface area contributed by atoms with Crippen LogP contribution in [0.15, 0.2) is 12.2 Å². The van der Waals surface area contributed by atoms with Crippen molar-refractivity contribution in [2.24, 2.45) is 23.2 Å². The molecular weight excluding hydrogens is 188 g/mol. The van der Waals surface area contributed by atoms with Gasteiger partial charge in [0.1, 0.15) is 0 Å². The van der Waals surface area contributed by atoms with E-state index in [4.69, 9.17) is 4.74 Å². The molecule has 2 nitrogen and oxygen atoms in total. The van der Waals surface area contributed by atoms with E-state index < -0.39 is 0 Å². The van der Waals surface area contributed by atoms with Crippen LogP contribution in [0.25, 0.3) is 0 Å². The second-order valence-corrected chi connectivity index (χ2v) is 5.63. The van der Waals surface area contributed by atoms with E-state index in [1.807, 2.05) is 0 Å². The van der Waals surface area contributed by atoms with Crippen LogP contribution in [0.1, 0.15) is 33.1 Å². The Labute approximate surface area is 91.7 Å². The van der Waals surface area contributed by atoms with Crippen molar-refractivity contribution in [1.29, 1.82) is 0 Å². The second-order valence-electron chi connectivity index (χ2n) is 5.63. The van der Waals surface area contributed by atoms with Crippen LogP contribution in [-0.4, -0.2) is 13.1 Å². The molecule has 84 valence electrons. The zero-order valence-electron chi connectivity index (χ0n) is 9.82. The Morgan fingerprint density at radius 2 is 2.13 bits per heavy atom. The van der Waals surface area contributed by atoms with Gasteiger partial charge in [-0.25, -0.2) is 0 Å². The van der Waals surface area contributed by atoms with E-state index in [-0.39, 0.29) is 11.4 Å². The number of carbonyl (C=O) groups is 1. The monoisotopic (exact) mass is 208 g/mol. The lowest BCUT2D eigenvalue weighted by Crippen LogP contribution is -2.30. The molecule has 2 rings (SSSR count). The summed E-state index contributed by atoms with van der Waals surface area (Å²) in [7, 11) is 1.47. The van der Waals surface area contributed by atoms with Crippen molar-refractivity contribution in [2.75, 3.05) is 7.11 Å². The molecule has 0 aromatic carbocycles. The van der Waals surface area contributed by atoms with Gasteiger partial charge < -0.3 is 4.74 Å². The summed E-state index contributed by atoms with van der Waals surface area (Å²) in [5.41, 5.74) is 0.0806. The molecule has 0 aromatic heterocycles. The van der Waals surface area contributed by atoms with E-state index in [9.17, 15) is 4.79 Å². The van der Waals surface area contributed by atoms with E-state index in [1.54, 1.807) is 0 Å². The van der Waals surface area contributed by atoms with Crippen molar-refractivity contribution in [2.45, 2.75) is 33.1 Å². The molecule has 2 aliphatic rings. The summed E-state index contributed by atoms with van der Waals surface area (Å²) in [4.78, 5) is 11.4. The van der Waals surface area contributed by atoms with Crippen LogP contribution in [0.5, 0.6) is 0 Å². The first-order chi connectivity index (χ1) is 7.03. The molecule has 2 bridgehead atoms. The van der Waals surface area contributed by atoms with Crippen molar-refractivity contribution in [3.8, 4) is 0 Å². The Morgan fingerprint density at radius 3 is 2.60 bits per heavy atom. The van der Waals surface area contributed by atoms with E-state index >= 15 is 0 Å². The van der Waals surface area contributed by atoms with Crippen LogP contribution in [-0.2, 0) is 9.53 Å². The maximum atomic E-state index is 11.4. The van der Waals surface area contributed by atoms with E-state index in [0.717, 1.165) is 5.92 Å². The SMILES string of the molecule is COC(=O)CC(C)(C)C1CC2C=CC1C2. The van der Waals surface area contributed by atoms with Crippen LogP contribution < -0.4 is 0 Å². The Bertz CT molecular complexity index is 291. The van der Waals surface area contributed by atoms with Gasteiger partial charge >= 0.3 is 5.97 Å². The molecule has 0 heterocycles. The highest BCUT2D eigenvalue weighted by Crippen LogP contribution is 2.52. The van der Waals surface area contributed by atoms with Gasteiger partial charge in [0.05, 0.1) is 13.5 Å². The van der Waals surface area contributed by atoms with Crippen molar-refractivity contribution in [3.05, 3.63) is 12.2 Å². The molecule has 1 fully saturated rings. The van der Waals surface area contributed by atoms with Gasteiger partial charge in [-0.15, -0.1) is 0 Å². The Hall–Kier alpha value is -0.790. The molecule has 2 heteroatoms. The molecule has 0 aromatic rings. The molecule has 0 spiro atoms. The molecule has 2 aliphatic carbocycles. The largest absolute Gasteiger partial charge is 0.469 e. The minimum atomic E-state index is -0.0771. The first-order valence-corrected chi connectivity index (χ1v) is 5.78. The average molecular weight is 208 g/mol. The number of carbonyl (C=O) groups excluding carboxylic acids is 1. The smallest absolute Gasteiger partial charge is 0.306 e. The topological polar surface area (TPSA) is 26.3 Å². The first kappa shape index (κ1) is 10.7. The Morgan fingerprint density at radius 1 is 1.40 bits per heavy atom. The van der Waals surface area contributed by atoms with Crippen molar-refractivity contribution in [3.63, 3.8) is 0 Å². The van der Waals surface area contributed by atoms with Gasteiger partial charge in [-0.3, -0.25) is 4.79 Å². The van der Waals surface area contributed by atoms with Crippen molar-refractivity contribution >= 4 is 5.97 Å². The minimum Gasteiger partial charge on any atom is -0.469 e. The maximum absolute atomic E-state index is 11.4. The summed E-state index contributed by atoms with van der Waals surface area (Å²) in [5, 5.41) is 0. The predicted octanol–water partition coefficient (Wildman–Crippen LogP) is 2.79. The number of rotatable bonds is 3. The number of esters is 1. The number of hydrogen-bond donors (Lipinski definition) is 0. The highest BCUT2D eigenvalue weighted by molar-refractivity contribution is 5.70. The lowest BCUT2D eigenvalue weighted by atomic mass is 9.70. The Balaban J connectivity index is 2.03. The second kappa shape index (κ2) is 3.66. The van der Waals surface area contributed by atoms with Gasteiger partial charge in [0, 0.05) is 0 Å². The zero-order valence-corrected chi connectivity index (χ0v) is 9.82. The third kappa shape index (κ3) is 1.95. The van der Waals surface area contributed by atoms with E-state index in [2.05, 4.69) is 26.0 Å². The summed E-state index contributed by atoms with van der Waals surface area (Å²) in [6.45, 7) is 4.40. The van der Waals surface area contributed by atoms with Crippen LogP contribution in [0, 0.1) is 23.2 Å². The average Bonchev–Trinajstić information content (AvgIpc) is 2.77. The van der Waals surface area contributed by atoms with Crippen molar-refractivity contribution < 1.29 is 9.53 Å². The summed E-state index contributed by atoms with van der Waals surface area (Å²) in [6, 6.07) is 0. The van der Waals surface area contributed by atoms with Gasteiger partial charge in [-0.2, -0.15) is 0 Å². The molecule has 0 saturated heterocycles. The fourth-order valence-electron chi connectivity index (χ4n) is 3.25. The number of allylic oxidation sites excluding steroid dienone is 2. The quantitative estimate of drug-likeness (QED) is 0.526. The van der Waals surface area contributed by atoms with Gasteiger partial charge in [-0.1, -0.05) is 26.0 Å². The van der Waals surface area contributed by atoms with E-state index in [0.29, 0.717) is 18.3 Å². The summed E-state index contributed by atoms with van der Waals surface area (Å²) in [6.07, 6.45) is 7.79. The molecule has 0 N–H and O–H groups in total. The molecule has 1 saturated carbocycles. The van der Waals surface area contributed by atoms with Crippen molar-refractivity contribution in [1.82, 2.24) is 0 Å². The van der Waals surface area contributed by atoms with Gasteiger partial charge in [0.15, 0.2) is 0 Å². The highest BCUT2D eigenvalue weighted by atomic mass is 16.5. The van der Waals surface area contributed by atoms with E-state index in [1.165, 1.54) is 20.0 Å². The zero-order chi connectivity index (χ0) is 11.1. The summed E-state index contributed by atoms with van der Waals surface area (Å²) < 4.78 is 4.77. The van der Waals surface area contributed by atoms with Crippen LogP contribution in [0.3, 0.4) is 0 Å². The van der Waals surface area contributed by atoms with Gasteiger partial charge in [-0.05, 0) is 36.0 Å². The van der Waals surface area contributed by atoms with Gasteiger partial charge in [0.2, 0.25) is 0 Å². The molecule has 3 unspecified atom stereocenters. The third-order valence-electron chi connectivity index (χ3n) is 4.11. The van der Waals surface area contributed by atoms with Crippen LogP contribution in [0.4, 0.5) is 0 Å². The minimum absolute atomic E-state index is 0.0771. The summed E-state index contributed by atoms with van der Waals surface area (Å²) >= 11 is 0. The number of ether oxygens (including phenoxy) is 1. The molecule has 0 radical (unpaired) electrons. The fraction of sp³-hybridized carbons (Fsp3) is 0.769. The lowest BCUT2D eigenvalue weighted by molar-refractivity contribution is -0.143. The highest BCUT2D eigenvalue weighted by Gasteiger charge is 2.44. The number of fused-ring (bicyclic) bond motifs is 2. The normalized spacial score (nSPS) is 33.4.